The predicted molar refractivity (Wildman–Crippen MR) is 127 cm³/mol. The second-order valence-corrected chi connectivity index (χ2v) is 9.69. The van der Waals surface area contributed by atoms with Crippen molar-refractivity contribution in [1.82, 2.24) is 14.7 Å². The summed E-state index contributed by atoms with van der Waals surface area (Å²) in [7, 11) is 3.64. The summed E-state index contributed by atoms with van der Waals surface area (Å²) in [4.78, 5) is 25.6. The minimum Gasteiger partial charge on any atom is -0.490 e. The van der Waals surface area contributed by atoms with E-state index in [1.807, 2.05) is 31.3 Å². The Morgan fingerprint density at radius 3 is 2.53 bits per heavy atom. The number of carbonyl (C=O) groups excluding carboxylic acids is 1. The Bertz CT molecular complexity index is 998. The lowest BCUT2D eigenvalue weighted by molar-refractivity contribution is -0.143. The van der Waals surface area contributed by atoms with Crippen molar-refractivity contribution in [3.63, 3.8) is 0 Å². The van der Waals surface area contributed by atoms with Crippen LogP contribution >= 0.6 is 0 Å². The highest BCUT2D eigenvalue weighted by Crippen LogP contribution is 2.32. The van der Waals surface area contributed by atoms with Crippen molar-refractivity contribution in [1.29, 1.82) is 0 Å². The fourth-order valence-electron chi connectivity index (χ4n) is 4.89. The molecule has 4 rings (SSSR count). The van der Waals surface area contributed by atoms with Crippen molar-refractivity contribution in [3.05, 3.63) is 36.2 Å². The summed E-state index contributed by atoms with van der Waals surface area (Å²) in [6.07, 6.45) is 7.97. The number of benzene rings is 1. The van der Waals surface area contributed by atoms with Crippen LogP contribution in [0.2, 0.25) is 0 Å². The number of hydrogen-bond donors (Lipinski definition) is 1. The summed E-state index contributed by atoms with van der Waals surface area (Å²) >= 11 is 0. The van der Waals surface area contributed by atoms with E-state index < -0.39 is 5.97 Å². The maximum absolute atomic E-state index is 12.6. The molecule has 34 heavy (non-hydrogen) atoms. The molecule has 0 spiro atoms. The molecular weight excluding hydrogens is 434 g/mol. The maximum atomic E-state index is 12.6. The second-order valence-electron chi connectivity index (χ2n) is 9.69. The topological polar surface area (TPSA) is 93.9 Å². The molecule has 0 saturated heterocycles. The lowest BCUT2D eigenvalue weighted by Gasteiger charge is -2.36. The minimum atomic E-state index is -0.739. The van der Waals surface area contributed by atoms with Crippen LogP contribution in [-0.4, -0.2) is 51.0 Å². The first kappa shape index (κ1) is 24.1. The van der Waals surface area contributed by atoms with Gasteiger partial charge >= 0.3 is 12.1 Å². The van der Waals surface area contributed by atoms with Gasteiger partial charge in [-0.1, -0.05) is 18.6 Å². The van der Waals surface area contributed by atoms with Crippen LogP contribution < -0.4 is 4.74 Å². The Balaban J connectivity index is 1.37. The smallest absolute Gasteiger partial charge is 0.410 e. The molecule has 2 fully saturated rings. The highest BCUT2D eigenvalue weighted by molar-refractivity contribution is 5.70. The van der Waals surface area contributed by atoms with Gasteiger partial charge in [0, 0.05) is 25.7 Å². The summed E-state index contributed by atoms with van der Waals surface area (Å²) in [5, 5.41) is 13.7. The molecule has 184 valence electrons. The van der Waals surface area contributed by atoms with Crippen LogP contribution in [0.15, 0.2) is 30.5 Å². The SMILES string of the molecule is CC(C1CCC1)N(C)C(=O)OCc1c(-c2ccc(O[C@H]3CCC[C@H](C(=O)O)C3)cc2)cnn1C. The van der Waals surface area contributed by atoms with E-state index in [4.69, 9.17) is 9.47 Å². The van der Waals surface area contributed by atoms with Crippen LogP contribution in [0.25, 0.3) is 11.1 Å². The molecule has 1 unspecified atom stereocenters. The lowest BCUT2D eigenvalue weighted by atomic mass is 9.80. The van der Waals surface area contributed by atoms with Crippen LogP contribution in [0, 0.1) is 11.8 Å². The normalized spacial score (nSPS) is 21.4. The summed E-state index contributed by atoms with van der Waals surface area (Å²) in [6.45, 7) is 2.22. The molecule has 0 radical (unpaired) electrons. The van der Waals surface area contributed by atoms with Gasteiger partial charge in [-0.3, -0.25) is 9.48 Å². The maximum Gasteiger partial charge on any atom is 0.410 e. The van der Waals surface area contributed by atoms with Crippen molar-refractivity contribution in [2.75, 3.05) is 7.05 Å². The fourth-order valence-corrected chi connectivity index (χ4v) is 4.89. The average molecular weight is 470 g/mol. The standard InChI is InChI=1S/C26H35N3O5/c1-17(18-6-4-7-18)28(2)26(32)33-16-24-23(15-27-29(24)3)19-10-12-21(13-11-19)34-22-9-5-8-20(14-22)25(30)31/h10-13,15,17-18,20,22H,4-9,14,16H2,1-3H3,(H,30,31)/t17?,20-,22-/m0/s1. The van der Waals surface area contributed by atoms with Gasteiger partial charge in [0.2, 0.25) is 0 Å². The average Bonchev–Trinajstić information content (AvgIpc) is 3.16. The van der Waals surface area contributed by atoms with E-state index in [-0.39, 0.29) is 30.8 Å². The van der Waals surface area contributed by atoms with Crippen LogP contribution in [0.4, 0.5) is 4.79 Å². The Kier molecular flexibility index (Phi) is 7.44. The molecule has 1 aromatic carbocycles. The Labute approximate surface area is 200 Å². The quantitative estimate of drug-likeness (QED) is 0.593. The first-order valence-electron chi connectivity index (χ1n) is 12.2. The summed E-state index contributed by atoms with van der Waals surface area (Å²) < 4.78 is 13.4. The van der Waals surface area contributed by atoms with Crippen LogP contribution in [0.3, 0.4) is 0 Å². The van der Waals surface area contributed by atoms with Gasteiger partial charge in [-0.25, -0.2) is 4.79 Å². The Hall–Kier alpha value is -3.03. The van der Waals surface area contributed by atoms with Crippen LogP contribution in [-0.2, 0) is 23.2 Å². The number of aromatic nitrogens is 2. The predicted octanol–water partition coefficient (Wildman–Crippen LogP) is 4.87. The molecule has 8 heteroatoms. The number of ether oxygens (including phenoxy) is 2. The molecule has 1 aromatic heterocycles. The number of nitrogens with zero attached hydrogens (tertiary/aromatic N) is 3. The molecule has 0 aliphatic heterocycles. The fraction of sp³-hybridized carbons (Fsp3) is 0.577. The summed E-state index contributed by atoms with van der Waals surface area (Å²) in [6, 6.07) is 7.89. The van der Waals surface area contributed by atoms with Crippen LogP contribution in [0.5, 0.6) is 5.75 Å². The van der Waals surface area contributed by atoms with Crippen molar-refractivity contribution >= 4 is 12.1 Å². The molecule has 8 nitrogen and oxygen atoms in total. The van der Waals surface area contributed by atoms with Gasteiger partial charge < -0.3 is 19.5 Å². The van der Waals surface area contributed by atoms with E-state index in [0.29, 0.717) is 12.3 Å². The van der Waals surface area contributed by atoms with Crippen molar-refractivity contribution in [2.24, 2.45) is 18.9 Å². The number of rotatable bonds is 8. The Morgan fingerprint density at radius 1 is 1.18 bits per heavy atom. The van der Waals surface area contributed by atoms with E-state index in [2.05, 4.69) is 12.0 Å². The van der Waals surface area contributed by atoms with Crippen LogP contribution in [0.1, 0.15) is 57.6 Å². The van der Waals surface area contributed by atoms with E-state index in [1.165, 1.54) is 19.3 Å². The molecule has 1 N–H and O–H groups in total. The summed E-state index contributed by atoms with van der Waals surface area (Å²) in [5.74, 6) is 0.226. The lowest BCUT2D eigenvalue weighted by Crippen LogP contribution is -2.42. The van der Waals surface area contributed by atoms with Crippen molar-refractivity contribution < 1.29 is 24.2 Å². The molecule has 1 amide bonds. The van der Waals surface area contributed by atoms with Gasteiger partial charge in [-0.2, -0.15) is 5.10 Å². The largest absolute Gasteiger partial charge is 0.490 e. The molecule has 2 aliphatic carbocycles. The van der Waals surface area contributed by atoms with E-state index in [0.717, 1.165) is 41.8 Å². The van der Waals surface area contributed by atoms with Gasteiger partial charge in [-0.05, 0) is 69.1 Å². The van der Waals surface area contributed by atoms with Crippen molar-refractivity contribution in [3.8, 4) is 16.9 Å². The number of carbonyl (C=O) groups is 2. The highest BCUT2D eigenvalue weighted by atomic mass is 16.6. The Morgan fingerprint density at radius 2 is 1.88 bits per heavy atom. The highest BCUT2D eigenvalue weighted by Gasteiger charge is 2.30. The first-order valence-corrected chi connectivity index (χ1v) is 12.2. The van der Waals surface area contributed by atoms with Gasteiger partial charge in [0.05, 0.1) is 23.9 Å². The monoisotopic (exact) mass is 469 g/mol. The van der Waals surface area contributed by atoms with Gasteiger partial charge in [-0.15, -0.1) is 0 Å². The number of aryl methyl sites for hydroxylation is 1. The number of carboxylic acid groups (broad SMARTS) is 1. The number of hydrogen-bond acceptors (Lipinski definition) is 5. The third-order valence-electron chi connectivity index (χ3n) is 7.57. The molecule has 2 saturated carbocycles. The first-order chi connectivity index (χ1) is 16.3. The molecule has 1 heterocycles. The van der Waals surface area contributed by atoms with Gasteiger partial charge in [0.15, 0.2) is 0 Å². The van der Waals surface area contributed by atoms with Gasteiger partial charge in [0.1, 0.15) is 12.4 Å². The number of carboxylic acids is 1. The molecule has 2 aromatic rings. The third kappa shape index (κ3) is 5.37. The molecule has 0 bridgehead atoms. The third-order valence-corrected chi connectivity index (χ3v) is 7.57. The summed E-state index contributed by atoms with van der Waals surface area (Å²) in [5.41, 5.74) is 2.68. The van der Waals surface area contributed by atoms with E-state index >= 15 is 0 Å². The van der Waals surface area contributed by atoms with E-state index in [9.17, 15) is 14.7 Å². The molecule has 3 atom stereocenters. The zero-order chi connectivity index (χ0) is 24.2. The molecular formula is C26H35N3O5. The number of aliphatic carboxylic acids is 1. The number of amides is 1. The zero-order valence-electron chi connectivity index (χ0n) is 20.3. The van der Waals surface area contributed by atoms with Crippen molar-refractivity contribution in [2.45, 2.75) is 70.6 Å². The molecule has 2 aliphatic rings. The van der Waals surface area contributed by atoms with Gasteiger partial charge in [0.25, 0.3) is 0 Å². The van der Waals surface area contributed by atoms with E-state index in [1.54, 1.807) is 22.8 Å². The zero-order valence-corrected chi connectivity index (χ0v) is 20.3. The minimum absolute atomic E-state index is 0.0756. The second kappa shape index (κ2) is 10.5.